The molecule has 1 rings (SSSR count). The molecule has 0 fully saturated rings. The van der Waals surface area contributed by atoms with Crippen molar-refractivity contribution in [2.45, 2.75) is 6.92 Å². The second-order valence-corrected chi connectivity index (χ2v) is 5.97. The minimum atomic E-state index is -3.55. The molecule has 0 aromatic heterocycles. The van der Waals surface area contributed by atoms with Gasteiger partial charge < -0.3 is 5.73 Å². The van der Waals surface area contributed by atoms with Crippen LogP contribution >= 0.6 is 11.6 Å². The number of amides is 1. The van der Waals surface area contributed by atoms with Gasteiger partial charge in [-0.05, 0) is 25.1 Å². The fraction of sp³-hybridized carbons (Fsp3) is 0.300. The first-order chi connectivity index (χ1) is 7.86. The summed E-state index contributed by atoms with van der Waals surface area (Å²) in [6.45, 7) is 1.10. The largest absolute Gasteiger partial charge is 0.368 e. The standard InChI is InChI=1S/C10H13ClN2O3S/c1-2-17(15,16)13(7-10(12)14)9-5-3-4-8(11)6-9/h3-6H,2,7H2,1H3,(H2,12,14). The topological polar surface area (TPSA) is 80.5 Å². The molecule has 0 saturated carbocycles. The van der Waals surface area contributed by atoms with Gasteiger partial charge in [-0.2, -0.15) is 0 Å². The first-order valence-electron chi connectivity index (χ1n) is 4.91. The maximum absolute atomic E-state index is 11.8. The van der Waals surface area contributed by atoms with Gasteiger partial charge in [0, 0.05) is 5.02 Å². The number of primary amides is 1. The molecule has 1 aromatic rings. The van der Waals surface area contributed by atoms with Crippen molar-refractivity contribution in [1.82, 2.24) is 0 Å². The average Bonchev–Trinajstić information content (AvgIpc) is 2.25. The van der Waals surface area contributed by atoms with Crippen LogP contribution in [0, 0.1) is 0 Å². The summed E-state index contributed by atoms with van der Waals surface area (Å²) in [6, 6.07) is 6.25. The Morgan fingerprint density at radius 3 is 2.59 bits per heavy atom. The van der Waals surface area contributed by atoms with Crippen molar-refractivity contribution in [1.29, 1.82) is 0 Å². The SMILES string of the molecule is CCS(=O)(=O)N(CC(N)=O)c1cccc(Cl)c1. The van der Waals surface area contributed by atoms with Crippen LogP contribution in [-0.2, 0) is 14.8 Å². The molecule has 0 atom stereocenters. The summed E-state index contributed by atoms with van der Waals surface area (Å²) >= 11 is 5.78. The van der Waals surface area contributed by atoms with Gasteiger partial charge in [0.05, 0.1) is 11.4 Å². The number of rotatable bonds is 5. The zero-order valence-electron chi connectivity index (χ0n) is 9.26. The van der Waals surface area contributed by atoms with Crippen molar-refractivity contribution in [2.75, 3.05) is 16.6 Å². The second kappa shape index (κ2) is 5.37. The first-order valence-corrected chi connectivity index (χ1v) is 6.90. The zero-order chi connectivity index (χ0) is 13.1. The zero-order valence-corrected chi connectivity index (χ0v) is 10.8. The van der Waals surface area contributed by atoms with Gasteiger partial charge in [0.15, 0.2) is 0 Å². The molecule has 0 saturated heterocycles. The molecule has 1 aromatic carbocycles. The molecular formula is C10H13ClN2O3S. The van der Waals surface area contributed by atoms with Gasteiger partial charge in [0.25, 0.3) is 0 Å². The quantitative estimate of drug-likeness (QED) is 0.870. The average molecular weight is 277 g/mol. The van der Waals surface area contributed by atoms with Crippen molar-refractivity contribution in [3.63, 3.8) is 0 Å². The van der Waals surface area contributed by atoms with Gasteiger partial charge >= 0.3 is 0 Å². The monoisotopic (exact) mass is 276 g/mol. The van der Waals surface area contributed by atoms with E-state index < -0.39 is 22.5 Å². The summed E-state index contributed by atoms with van der Waals surface area (Å²) < 4.78 is 24.6. The number of hydrogen-bond acceptors (Lipinski definition) is 3. The van der Waals surface area contributed by atoms with Crippen LogP contribution in [0.15, 0.2) is 24.3 Å². The summed E-state index contributed by atoms with van der Waals surface area (Å²) in [6.07, 6.45) is 0. The highest BCUT2D eigenvalue weighted by molar-refractivity contribution is 7.92. The molecule has 0 heterocycles. The molecule has 0 unspecified atom stereocenters. The summed E-state index contributed by atoms with van der Waals surface area (Å²) in [4.78, 5) is 10.9. The predicted octanol–water partition coefficient (Wildman–Crippen LogP) is 0.981. The van der Waals surface area contributed by atoms with E-state index in [2.05, 4.69) is 0 Å². The summed E-state index contributed by atoms with van der Waals surface area (Å²) in [7, 11) is -3.55. The molecule has 0 bridgehead atoms. The van der Waals surface area contributed by atoms with Crippen LogP contribution in [-0.4, -0.2) is 26.6 Å². The minimum absolute atomic E-state index is 0.118. The Bertz CT molecular complexity index is 516. The molecule has 2 N–H and O–H groups in total. The highest BCUT2D eigenvalue weighted by Crippen LogP contribution is 2.22. The van der Waals surface area contributed by atoms with Crippen LogP contribution in [0.4, 0.5) is 5.69 Å². The summed E-state index contributed by atoms with van der Waals surface area (Å²) in [5.74, 6) is -0.839. The number of nitrogens with two attached hydrogens (primary N) is 1. The maximum atomic E-state index is 11.8. The number of halogens is 1. The Hall–Kier alpha value is -1.27. The third kappa shape index (κ3) is 3.61. The van der Waals surface area contributed by atoms with Gasteiger partial charge in [-0.25, -0.2) is 8.42 Å². The molecule has 0 spiro atoms. The summed E-state index contributed by atoms with van der Waals surface area (Å²) in [5.41, 5.74) is 5.37. The number of carbonyl (C=O) groups excluding carboxylic acids is 1. The van der Waals surface area contributed by atoms with E-state index in [9.17, 15) is 13.2 Å². The predicted molar refractivity (Wildman–Crippen MR) is 67.5 cm³/mol. The highest BCUT2D eigenvalue weighted by atomic mass is 35.5. The van der Waals surface area contributed by atoms with Crippen molar-refractivity contribution in [2.24, 2.45) is 5.73 Å². The molecule has 17 heavy (non-hydrogen) atoms. The van der Waals surface area contributed by atoms with E-state index in [1.165, 1.54) is 13.0 Å². The number of anilines is 1. The Labute approximate surface area is 105 Å². The summed E-state index contributed by atoms with van der Waals surface area (Å²) in [5, 5.41) is 0.392. The van der Waals surface area contributed by atoms with E-state index in [-0.39, 0.29) is 5.75 Å². The number of carbonyl (C=O) groups is 1. The number of hydrogen-bond donors (Lipinski definition) is 1. The number of nitrogens with zero attached hydrogens (tertiary/aromatic N) is 1. The van der Waals surface area contributed by atoms with Crippen LogP contribution in [0.3, 0.4) is 0 Å². The molecule has 1 amide bonds. The lowest BCUT2D eigenvalue weighted by molar-refractivity contribution is -0.116. The van der Waals surface area contributed by atoms with E-state index in [0.717, 1.165) is 4.31 Å². The normalized spacial score (nSPS) is 11.2. The van der Waals surface area contributed by atoms with Crippen LogP contribution in [0.2, 0.25) is 5.02 Å². The Morgan fingerprint density at radius 2 is 2.12 bits per heavy atom. The van der Waals surface area contributed by atoms with E-state index in [0.29, 0.717) is 10.7 Å². The highest BCUT2D eigenvalue weighted by Gasteiger charge is 2.22. The van der Waals surface area contributed by atoms with E-state index in [1.807, 2.05) is 0 Å². The molecule has 7 heteroatoms. The van der Waals surface area contributed by atoms with Crippen molar-refractivity contribution < 1.29 is 13.2 Å². The Balaban J connectivity index is 3.20. The molecule has 5 nitrogen and oxygen atoms in total. The van der Waals surface area contributed by atoms with Gasteiger partial charge in [-0.15, -0.1) is 0 Å². The number of sulfonamides is 1. The van der Waals surface area contributed by atoms with Crippen molar-refractivity contribution in [3.8, 4) is 0 Å². The van der Waals surface area contributed by atoms with Crippen LogP contribution in [0.25, 0.3) is 0 Å². The van der Waals surface area contributed by atoms with E-state index in [4.69, 9.17) is 17.3 Å². The van der Waals surface area contributed by atoms with Crippen LogP contribution in [0.5, 0.6) is 0 Å². The maximum Gasteiger partial charge on any atom is 0.238 e. The molecule has 0 radical (unpaired) electrons. The Kier molecular flexibility index (Phi) is 4.36. The van der Waals surface area contributed by atoms with Crippen LogP contribution in [0.1, 0.15) is 6.92 Å². The van der Waals surface area contributed by atoms with Gasteiger partial charge in [0.1, 0.15) is 6.54 Å². The minimum Gasteiger partial charge on any atom is -0.368 e. The first kappa shape index (κ1) is 13.8. The molecular weight excluding hydrogens is 264 g/mol. The third-order valence-corrected chi connectivity index (χ3v) is 4.07. The van der Waals surface area contributed by atoms with E-state index in [1.54, 1.807) is 18.2 Å². The smallest absolute Gasteiger partial charge is 0.238 e. The lowest BCUT2D eigenvalue weighted by Crippen LogP contribution is -2.39. The molecule has 94 valence electrons. The van der Waals surface area contributed by atoms with Gasteiger partial charge in [-0.1, -0.05) is 17.7 Å². The lowest BCUT2D eigenvalue weighted by atomic mass is 10.3. The van der Waals surface area contributed by atoms with Crippen LogP contribution < -0.4 is 10.0 Å². The lowest BCUT2D eigenvalue weighted by Gasteiger charge is -2.22. The molecule has 0 aliphatic heterocycles. The van der Waals surface area contributed by atoms with Crippen molar-refractivity contribution >= 4 is 33.2 Å². The Morgan fingerprint density at radius 1 is 1.47 bits per heavy atom. The second-order valence-electron chi connectivity index (χ2n) is 3.35. The third-order valence-electron chi connectivity index (χ3n) is 2.10. The van der Waals surface area contributed by atoms with Crippen molar-refractivity contribution in [3.05, 3.63) is 29.3 Å². The van der Waals surface area contributed by atoms with Gasteiger partial charge in [-0.3, -0.25) is 9.10 Å². The van der Waals surface area contributed by atoms with E-state index >= 15 is 0 Å². The van der Waals surface area contributed by atoms with Gasteiger partial charge in [0.2, 0.25) is 15.9 Å². The molecule has 0 aliphatic carbocycles. The molecule has 0 aliphatic rings. The fourth-order valence-corrected chi connectivity index (χ4v) is 2.53. The fourth-order valence-electron chi connectivity index (χ4n) is 1.28. The number of benzene rings is 1.